The number of hydrogen-bond acceptors (Lipinski definition) is 3. The topological polar surface area (TPSA) is 49.4 Å². The molecule has 1 aliphatic heterocycles. The number of nitrogens with one attached hydrogen (secondary N) is 1. The van der Waals surface area contributed by atoms with E-state index in [1.807, 2.05) is 12.1 Å². The Labute approximate surface area is 141 Å². The molecule has 23 heavy (non-hydrogen) atoms. The Hall–Kier alpha value is -1.07. The first kappa shape index (κ1) is 18.3. The lowest BCUT2D eigenvalue weighted by Gasteiger charge is -2.29. The van der Waals surface area contributed by atoms with Crippen LogP contribution in [0.5, 0.6) is 0 Å². The molecule has 5 heteroatoms. The molecule has 2 rings (SSSR count). The van der Waals surface area contributed by atoms with Crippen molar-refractivity contribution in [2.45, 2.75) is 57.3 Å². The average molecular weight is 339 g/mol. The van der Waals surface area contributed by atoms with Crippen molar-refractivity contribution in [2.75, 3.05) is 25.0 Å². The summed E-state index contributed by atoms with van der Waals surface area (Å²) in [6.07, 6.45) is 6.81. The van der Waals surface area contributed by atoms with E-state index in [1.54, 1.807) is 16.4 Å². The minimum atomic E-state index is -3.33. The number of unbranched alkanes of at least 4 members (excludes halogenated alkanes) is 3. The van der Waals surface area contributed by atoms with E-state index in [1.165, 1.54) is 19.3 Å². The van der Waals surface area contributed by atoms with E-state index in [0.717, 1.165) is 31.5 Å². The summed E-state index contributed by atoms with van der Waals surface area (Å²) in [5.74, 6) is 0.626. The number of rotatable bonds is 8. The van der Waals surface area contributed by atoms with Crippen molar-refractivity contribution in [3.63, 3.8) is 0 Å². The van der Waals surface area contributed by atoms with E-state index in [9.17, 15) is 8.42 Å². The molecule has 4 nitrogen and oxygen atoms in total. The second-order valence-electron chi connectivity index (χ2n) is 6.60. The summed E-state index contributed by atoms with van der Waals surface area (Å²) < 4.78 is 26.9. The van der Waals surface area contributed by atoms with Crippen LogP contribution in [0, 0.1) is 5.92 Å². The Morgan fingerprint density at radius 1 is 1.09 bits per heavy atom. The lowest BCUT2D eigenvalue weighted by Crippen LogP contribution is -2.37. The normalized spacial score (nSPS) is 17.3. The summed E-state index contributed by atoms with van der Waals surface area (Å²) in [5, 5.41) is 3.36. The van der Waals surface area contributed by atoms with Crippen molar-refractivity contribution < 1.29 is 8.42 Å². The Morgan fingerprint density at radius 2 is 1.74 bits per heavy atom. The number of hydrogen-bond donors (Lipinski definition) is 1. The fourth-order valence-electron chi connectivity index (χ4n) is 2.90. The van der Waals surface area contributed by atoms with Gasteiger partial charge in [-0.25, -0.2) is 8.42 Å². The van der Waals surface area contributed by atoms with E-state index in [2.05, 4.69) is 19.2 Å². The molecule has 0 bridgehead atoms. The number of sulfonamides is 1. The second-order valence-corrected chi connectivity index (χ2v) is 8.54. The molecule has 0 spiro atoms. The molecular weight excluding hydrogens is 308 g/mol. The third kappa shape index (κ3) is 5.21. The maximum atomic E-state index is 12.6. The monoisotopic (exact) mass is 338 g/mol. The Morgan fingerprint density at radius 3 is 2.35 bits per heavy atom. The number of benzene rings is 1. The molecule has 1 aromatic rings. The van der Waals surface area contributed by atoms with Gasteiger partial charge in [-0.2, -0.15) is 4.31 Å². The van der Waals surface area contributed by atoms with E-state index in [0.29, 0.717) is 23.9 Å². The predicted octanol–water partition coefficient (Wildman–Crippen LogP) is 4.10. The largest absolute Gasteiger partial charge is 0.385 e. The number of nitrogens with zero attached hydrogens (tertiary/aromatic N) is 1. The van der Waals surface area contributed by atoms with Crippen molar-refractivity contribution in [1.29, 1.82) is 0 Å². The molecular formula is C18H30N2O2S. The quantitative estimate of drug-likeness (QED) is 0.726. The van der Waals surface area contributed by atoms with Gasteiger partial charge in [-0.1, -0.05) is 33.1 Å². The first-order valence-corrected chi connectivity index (χ1v) is 10.3. The molecule has 130 valence electrons. The summed E-state index contributed by atoms with van der Waals surface area (Å²) in [4.78, 5) is 0.406. The molecule has 1 heterocycles. The first-order valence-electron chi connectivity index (χ1n) is 8.88. The molecule has 0 aliphatic carbocycles. The lowest BCUT2D eigenvalue weighted by molar-refractivity contribution is 0.288. The molecule has 1 aliphatic rings. The van der Waals surface area contributed by atoms with Gasteiger partial charge in [-0.05, 0) is 49.4 Å². The van der Waals surface area contributed by atoms with Crippen LogP contribution in [-0.4, -0.2) is 32.4 Å². The Bertz CT molecular complexity index is 561. The van der Waals surface area contributed by atoms with Gasteiger partial charge in [-0.3, -0.25) is 0 Å². The van der Waals surface area contributed by atoms with Gasteiger partial charge in [0.15, 0.2) is 0 Å². The first-order chi connectivity index (χ1) is 11.0. The summed E-state index contributed by atoms with van der Waals surface area (Å²) in [5.41, 5.74) is 0.993. The Kier molecular flexibility index (Phi) is 6.90. The zero-order valence-corrected chi connectivity index (χ0v) is 15.2. The lowest BCUT2D eigenvalue weighted by atomic mass is 10.0. The van der Waals surface area contributed by atoms with Crippen LogP contribution >= 0.6 is 0 Å². The molecule has 0 radical (unpaired) electrons. The fraction of sp³-hybridized carbons (Fsp3) is 0.667. The highest BCUT2D eigenvalue weighted by Crippen LogP contribution is 2.24. The molecule has 1 aromatic carbocycles. The minimum absolute atomic E-state index is 0.406. The van der Waals surface area contributed by atoms with E-state index < -0.39 is 10.0 Å². The highest BCUT2D eigenvalue weighted by Gasteiger charge is 2.27. The van der Waals surface area contributed by atoms with Gasteiger partial charge in [0.2, 0.25) is 10.0 Å². The Balaban J connectivity index is 1.90. The highest BCUT2D eigenvalue weighted by molar-refractivity contribution is 7.89. The van der Waals surface area contributed by atoms with Crippen molar-refractivity contribution >= 4 is 15.7 Å². The van der Waals surface area contributed by atoms with Gasteiger partial charge in [0.05, 0.1) is 4.90 Å². The maximum Gasteiger partial charge on any atom is 0.243 e. The van der Waals surface area contributed by atoms with Crippen molar-refractivity contribution in [3.05, 3.63) is 24.3 Å². The van der Waals surface area contributed by atoms with Crippen molar-refractivity contribution in [1.82, 2.24) is 4.31 Å². The standard InChI is InChI=1S/C18H30N2O2S/c1-3-4-5-6-13-19-17-7-9-18(10-8-17)23(21,22)20-14-11-16(2)12-15-20/h7-10,16,19H,3-6,11-15H2,1-2H3. The third-order valence-electron chi connectivity index (χ3n) is 4.59. The van der Waals surface area contributed by atoms with Gasteiger partial charge in [0.25, 0.3) is 0 Å². The summed E-state index contributed by atoms with van der Waals surface area (Å²) in [6, 6.07) is 7.20. The average Bonchev–Trinajstić information content (AvgIpc) is 2.55. The van der Waals surface area contributed by atoms with Gasteiger partial charge < -0.3 is 5.32 Å². The van der Waals surface area contributed by atoms with Gasteiger partial charge in [0.1, 0.15) is 0 Å². The van der Waals surface area contributed by atoms with Crippen LogP contribution in [0.1, 0.15) is 52.4 Å². The smallest absolute Gasteiger partial charge is 0.243 e. The van der Waals surface area contributed by atoms with Crippen LogP contribution in [0.3, 0.4) is 0 Å². The fourth-order valence-corrected chi connectivity index (χ4v) is 4.37. The highest BCUT2D eigenvalue weighted by atomic mass is 32.2. The van der Waals surface area contributed by atoms with E-state index in [-0.39, 0.29) is 0 Å². The molecule has 0 amide bonds. The van der Waals surface area contributed by atoms with Gasteiger partial charge in [-0.15, -0.1) is 0 Å². The van der Waals surface area contributed by atoms with Crippen molar-refractivity contribution in [3.8, 4) is 0 Å². The summed E-state index contributed by atoms with van der Waals surface area (Å²) >= 11 is 0. The van der Waals surface area contributed by atoms with Crippen LogP contribution in [0.15, 0.2) is 29.2 Å². The minimum Gasteiger partial charge on any atom is -0.385 e. The molecule has 0 unspecified atom stereocenters. The third-order valence-corrected chi connectivity index (χ3v) is 6.51. The number of anilines is 1. The maximum absolute atomic E-state index is 12.6. The zero-order chi connectivity index (χ0) is 16.7. The molecule has 0 saturated carbocycles. The number of piperidine rings is 1. The second kappa shape index (κ2) is 8.69. The molecule has 0 atom stereocenters. The zero-order valence-electron chi connectivity index (χ0n) is 14.4. The van der Waals surface area contributed by atoms with Crippen LogP contribution in [0.4, 0.5) is 5.69 Å². The SMILES string of the molecule is CCCCCCNc1ccc(S(=O)(=O)N2CCC(C)CC2)cc1. The van der Waals surface area contributed by atoms with Crippen LogP contribution in [0.2, 0.25) is 0 Å². The summed E-state index contributed by atoms with van der Waals surface area (Å²) in [7, 11) is -3.33. The van der Waals surface area contributed by atoms with E-state index >= 15 is 0 Å². The molecule has 1 fully saturated rings. The van der Waals surface area contributed by atoms with Crippen LogP contribution < -0.4 is 5.32 Å². The molecule has 1 saturated heterocycles. The van der Waals surface area contributed by atoms with Crippen LogP contribution in [-0.2, 0) is 10.0 Å². The van der Waals surface area contributed by atoms with E-state index in [4.69, 9.17) is 0 Å². The van der Waals surface area contributed by atoms with Crippen LogP contribution in [0.25, 0.3) is 0 Å². The van der Waals surface area contributed by atoms with Crippen molar-refractivity contribution in [2.24, 2.45) is 5.92 Å². The molecule has 0 aromatic heterocycles. The van der Waals surface area contributed by atoms with Gasteiger partial charge in [0, 0.05) is 25.3 Å². The molecule has 1 N–H and O–H groups in total. The van der Waals surface area contributed by atoms with Gasteiger partial charge >= 0.3 is 0 Å². The summed E-state index contributed by atoms with van der Waals surface area (Å²) in [6.45, 7) is 6.61. The predicted molar refractivity (Wildman–Crippen MR) is 96.2 cm³/mol.